The summed E-state index contributed by atoms with van der Waals surface area (Å²) in [6, 6.07) is 85.2. The number of hydrogen-bond donors (Lipinski definition) is 6. The number of alkyl halides is 6. The molecule has 10 aromatic carbocycles. The summed E-state index contributed by atoms with van der Waals surface area (Å²) in [5, 5.41) is 51.4. The first-order valence-electron chi connectivity index (χ1n) is 43.1. The molecular formula is C96H123B6F6N14O6PdPt2-3. The molecule has 0 aliphatic carbocycles. The van der Waals surface area contributed by atoms with Crippen molar-refractivity contribution in [2.24, 2.45) is 0 Å². The van der Waals surface area contributed by atoms with E-state index in [0.29, 0.717) is 30.4 Å². The fourth-order valence-corrected chi connectivity index (χ4v) is 18.7. The van der Waals surface area contributed by atoms with Crippen LogP contribution in [0.1, 0.15) is 71.9 Å². The van der Waals surface area contributed by atoms with Gasteiger partial charge in [0.1, 0.15) is 0 Å². The maximum atomic E-state index is 13.0. The number of benzene rings is 10. The summed E-state index contributed by atoms with van der Waals surface area (Å²) < 4.78 is 81.2. The fraction of sp³-hybridized carbons (Fsp3) is 0.344. The Bertz CT molecular complexity index is 4830. The van der Waals surface area contributed by atoms with Crippen LogP contribution in [0, 0.1) is 18.2 Å². The van der Waals surface area contributed by atoms with Crippen molar-refractivity contribution in [2.75, 3.05) is 151 Å². The number of rotatable bonds is 24. The molecule has 0 spiro atoms. The first-order valence-corrected chi connectivity index (χ1v) is 46.1. The molecule has 6 atom stereocenters. The normalized spacial score (nSPS) is 15.0. The van der Waals surface area contributed by atoms with Crippen LogP contribution in [0.3, 0.4) is 0 Å². The van der Waals surface area contributed by atoms with Gasteiger partial charge >= 0.3 is 686 Å². The van der Waals surface area contributed by atoms with Crippen molar-refractivity contribution in [3.8, 4) is 44.5 Å². The molecule has 0 bridgehead atoms. The molecule has 6 N–H and O–H groups in total. The predicted molar refractivity (Wildman–Crippen MR) is 526 cm³/mol. The van der Waals surface area contributed by atoms with Crippen LogP contribution in [0.2, 0.25) is 0 Å². The van der Waals surface area contributed by atoms with Gasteiger partial charge in [0, 0.05) is 0 Å². The van der Waals surface area contributed by atoms with Gasteiger partial charge in [0.05, 0.1) is 36.6 Å². The average molecular weight is 2240 g/mol. The van der Waals surface area contributed by atoms with Crippen LogP contribution < -0.4 is 38.7 Å². The van der Waals surface area contributed by atoms with Crippen molar-refractivity contribution in [3.63, 3.8) is 0 Å². The second kappa shape index (κ2) is 49.3. The predicted octanol–water partition coefficient (Wildman–Crippen LogP) is 14.1. The zero-order valence-corrected chi connectivity index (χ0v) is 84.8. The van der Waals surface area contributed by atoms with E-state index in [-0.39, 0.29) is 77.9 Å². The summed E-state index contributed by atoms with van der Waals surface area (Å²) in [5.74, 6) is 0. The van der Waals surface area contributed by atoms with Gasteiger partial charge in [-0.2, -0.15) is 0 Å². The molecule has 0 radical (unpaired) electrons. The SMILES string of the molecule is CC(O)CC(C)O.CC(O)CC(C)O.CC(O)CC(C)O.CN(C)B1B(N(C)C)N(c2ccc(-c3ccc(C(F)(F)F)cc3)cc2)[C](=[Pt])N1c1[c-]cc(-c2ccc(C(F)(F)F)cc2)cc1.CN(C)B1B(N(C)C)N(c2ccc(-c3ccc(N(C)C)cc3)cc2)[C](=[Pt])N1c1[c-]cc(-c2ccc(N(C)C)cc2)cc1.CN(C)B1B(N(C)C)N(c2ccccc2)[C](=[Pd])N1c1[c-]cccc1. The number of nitrogens with zero attached hydrogens (tertiary/aromatic N) is 14. The first kappa shape index (κ1) is 108. The van der Waals surface area contributed by atoms with Crippen LogP contribution >= 0.6 is 0 Å². The molecule has 6 unspecified atom stereocenters. The number of halogens is 6. The maximum absolute atomic E-state index is 13.0. The zero-order chi connectivity index (χ0) is 97.0. The topological polar surface area (TPSA) is 167 Å². The number of para-hydroxylation sites is 2. The average Bonchev–Trinajstić information content (AvgIpc) is 1.61. The molecule has 3 heterocycles. The van der Waals surface area contributed by atoms with Gasteiger partial charge in [0.15, 0.2) is 0 Å². The van der Waals surface area contributed by atoms with E-state index in [1.807, 2.05) is 82.8 Å². The van der Waals surface area contributed by atoms with Gasteiger partial charge in [0.2, 0.25) is 0 Å². The molecule has 131 heavy (non-hydrogen) atoms. The molecule has 13 rings (SSSR count). The van der Waals surface area contributed by atoms with Gasteiger partial charge < -0.3 is 30.6 Å². The van der Waals surface area contributed by atoms with E-state index in [4.69, 9.17) is 30.6 Å². The summed E-state index contributed by atoms with van der Waals surface area (Å²) in [7, 11) is 33.4. The van der Waals surface area contributed by atoms with E-state index in [2.05, 4.69) is 355 Å². The van der Waals surface area contributed by atoms with Crippen molar-refractivity contribution in [1.82, 2.24) is 28.9 Å². The quantitative estimate of drug-likeness (QED) is 0.0192. The summed E-state index contributed by atoms with van der Waals surface area (Å²) >= 11 is 8.29. The van der Waals surface area contributed by atoms with Crippen LogP contribution in [0.25, 0.3) is 44.5 Å². The summed E-state index contributed by atoms with van der Waals surface area (Å²) in [6.45, 7) is 10.2. The monoisotopic (exact) mass is 2240 g/mol. The number of anilines is 8. The van der Waals surface area contributed by atoms with Crippen LogP contribution in [-0.2, 0) is 69.8 Å². The Morgan fingerprint density at radius 3 is 0.794 bits per heavy atom. The van der Waals surface area contributed by atoms with E-state index in [9.17, 15) is 26.3 Å². The van der Waals surface area contributed by atoms with Gasteiger partial charge in [-0.25, -0.2) is 0 Å². The molecule has 10 aromatic rings. The molecule has 3 aliphatic rings. The number of aliphatic hydroxyl groups is 6. The van der Waals surface area contributed by atoms with Crippen LogP contribution in [0.4, 0.5) is 71.8 Å². The molecule has 35 heteroatoms. The summed E-state index contributed by atoms with van der Waals surface area (Å²) in [5.41, 5.74) is 14.8. The van der Waals surface area contributed by atoms with E-state index in [1.54, 1.807) is 47.6 Å². The Balaban J connectivity index is 0.000000223. The Morgan fingerprint density at radius 1 is 0.298 bits per heavy atom. The van der Waals surface area contributed by atoms with Crippen LogP contribution in [0.5, 0.6) is 0 Å². The van der Waals surface area contributed by atoms with Crippen molar-refractivity contribution in [2.45, 2.75) is 110 Å². The van der Waals surface area contributed by atoms with Gasteiger partial charge in [-0.05, 0) is 60.8 Å². The zero-order valence-electron chi connectivity index (χ0n) is 78.7. The Kier molecular flexibility index (Phi) is 40.7. The number of hydrogen-bond acceptors (Lipinski definition) is 20. The summed E-state index contributed by atoms with van der Waals surface area (Å²) in [4.78, 5) is 31.4. The van der Waals surface area contributed by atoms with Gasteiger partial charge in [-0.15, -0.1) is 0 Å². The van der Waals surface area contributed by atoms with Gasteiger partial charge in [-0.3, -0.25) is 0 Å². The van der Waals surface area contributed by atoms with Crippen LogP contribution in [0.15, 0.2) is 237 Å². The van der Waals surface area contributed by atoms with E-state index in [1.165, 1.54) is 63.7 Å². The first-order chi connectivity index (χ1) is 61.6. The fourth-order valence-electron chi connectivity index (χ4n) is 15.5. The minimum absolute atomic E-state index is 0.0900. The third-order valence-electron chi connectivity index (χ3n) is 21.6. The van der Waals surface area contributed by atoms with Crippen molar-refractivity contribution < 1.29 is 114 Å². The molecular weight excluding hydrogens is 2120 g/mol. The molecule has 20 nitrogen and oxygen atoms in total. The van der Waals surface area contributed by atoms with Gasteiger partial charge in [0.25, 0.3) is 0 Å². The van der Waals surface area contributed by atoms with Crippen molar-refractivity contribution >= 4 is 99.3 Å². The number of aliphatic hydroxyl groups excluding tert-OH is 6. The third kappa shape index (κ3) is 29.4. The second-order valence-corrected chi connectivity index (χ2v) is 37.4. The van der Waals surface area contributed by atoms with Crippen LogP contribution in [-0.4, -0.2) is 263 Å². The standard InChI is InChI=1S/C33H39B2N6.C31H27B2F6N4.C17H21B2N4.3C5H12O2.Pd.2Pt/c1-36(2)30-17-9-26(10-18-30)28-13-21-32(22-14-28)40-25-41(35(39(7)8)34(40)38(5)6)33-23-15-29(16-24-33)27-11-19-31(20-12-27)37(3)4;1-40(2)32-33(41(3)4)43(29-19-11-25(12-20-29)23-7-15-27(16-8-23)31(37,38)39)21-42(32)28-17-9-24(10-18-28)22-5-13-26(14-6-22)30(34,35)36;1-20(2)18-19(21(3)4)23(17-13-9-6-10-14-17)15-22(18)16-11-7-5-8-12-16;3*1-4(6)3-5(2)7;;;/h9-23H,1-8H3;5-19H,1-4H3;5-13H,1-4H3;3*4-7H,3H2,1-2H3;;;/q3*-1;;;;;;. The molecule has 3 saturated heterocycles. The molecule has 706 valence electrons. The molecule has 0 saturated carbocycles. The molecule has 0 aromatic heterocycles. The van der Waals surface area contributed by atoms with E-state index in [0.717, 1.165) is 76.2 Å². The van der Waals surface area contributed by atoms with Crippen molar-refractivity contribution in [1.29, 1.82) is 0 Å². The van der Waals surface area contributed by atoms with E-state index < -0.39 is 23.5 Å². The molecule has 0 amide bonds. The molecule has 3 fully saturated rings. The van der Waals surface area contributed by atoms with Gasteiger partial charge in [-0.1, -0.05) is 0 Å². The Labute approximate surface area is 808 Å². The van der Waals surface area contributed by atoms with Crippen molar-refractivity contribution in [3.05, 3.63) is 266 Å². The summed E-state index contributed by atoms with van der Waals surface area (Å²) in [6.07, 6.45) is -9.61. The molecule has 3 aliphatic heterocycles. The Morgan fingerprint density at radius 2 is 0.542 bits per heavy atom. The minimum atomic E-state index is -4.39. The second-order valence-electron chi connectivity index (χ2n) is 34.6. The van der Waals surface area contributed by atoms with E-state index >= 15 is 0 Å². The Hall–Kier alpha value is -8.26. The third-order valence-corrected chi connectivity index (χ3v) is 24.6.